The van der Waals surface area contributed by atoms with Crippen LogP contribution in [-0.4, -0.2) is 9.97 Å². The summed E-state index contributed by atoms with van der Waals surface area (Å²) in [4.78, 5) is 21.8. The lowest BCUT2D eigenvalue weighted by Crippen LogP contribution is -2.09. The van der Waals surface area contributed by atoms with Gasteiger partial charge in [-0.1, -0.05) is 12.1 Å². The number of rotatable bonds is 4. The van der Waals surface area contributed by atoms with Gasteiger partial charge in [0.25, 0.3) is 5.56 Å². The molecule has 0 bridgehead atoms. The summed E-state index contributed by atoms with van der Waals surface area (Å²) in [7, 11) is 0. The standard InChI is InChI=1S/C21H16BrFN2O2S/c1-11-12(2)28-21-18(11)20(26)24-19(25-21)14-5-8-17(16(22)9-14)27-10-13-3-6-15(23)7-4-13/h3-9H,10H2,1-2H3,(H,24,25,26). The van der Waals surface area contributed by atoms with Crippen LogP contribution in [0.25, 0.3) is 21.6 Å². The Morgan fingerprint density at radius 3 is 2.64 bits per heavy atom. The summed E-state index contributed by atoms with van der Waals surface area (Å²) in [5.41, 5.74) is 2.50. The number of hydrogen-bond donors (Lipinski definition) is 1. The number of thiophene rings is 1. The minimum absolute atomic E-state index is 0.130. The Morgan fingerprint density at radius 2 is 1.93 bits per heavy atom. The second-order valence-corrected chi connectivity index (χ2v) is 8.50. The van der Waals surface area contributed by atoms with Gasteiger partial charge in [0, 0.05) is 10.4 Å². The molecule has 0 radical (unpaired) electrons. The number of H-pyrrole nitrogens is 1. The third kappa shape index (κ3) is 3.59. The topological polar surface area (TPSA) is 55.0 Å². The van der Waals surface area contributed by atoms with Gasteiger partial charge < -0.3 is 9.72 Å². The zero-order chi connectivity index (χ0) is 19.8. The SMILES string of the molecule is Cc1sc2nc(-c3ccc(OCc4ccc(F)cc4)c(Br)c3)[nH]c(=O)c2c1C. The average molecular weight is 459 g/mol. The number of hydrogen-bond acceptors (Lipinski definition) is 4. The summed E-state index contributed by atoms with van der Waals surface area (Å²) in [5, 5.41) is 0.657. The van der Waals surface area contributed by atoms with E-state index < -0.39 is 0 Å². The number of aromatic nitrogens is 2. The molecule has 4 nitrogen and oxygen atoms in total. The molecule has 0 spiro atoms. The highest BCUT2D eigenvalue weighted by Gasteiger charge is 2.13. The van der Waals surface area contributed by atoms with E-state index in [1.165, 1.54) is 23.5 Å². The van der Waals surface area contributed by atoms with Gasteiger partial charge in [0.1, 0.15) is 28.8 Å². The molecule has 0 amide bonds. The lowest BCUT2D eigenvalue weighted by Gasteiger charge is -2.10. The lowest BCUT2D eigenvalue weighted by atomic mass is 10.2. The van der Waals surface area contributed by atoms with E-state index in [1.54, 1.807) is 12.1 Å². The molecule has 0 saturated heterocycles. The van der Waals surface area contributed by atoms with Crippen molar-refractivity contribution < 1.29 is 9.13 Å². The van der Waals surface area contributed by atoms with Crippen LogP contribution in [0.2, 0.25) is 0 Å². The van der Waals surface area contributed by atoms with Crippen LogP contribution in [0.5, 0.6) is 5.75 Å². The van der Waals surface area contributed by atoms with Gasteiger partial charge in [0.15, 0.2) is 0 Å². The smallest absolute Gasteiger partial charge is 0.260 e. The second kappa shape index (κ2) is 7.48. The number of nitrogens with one attached hydrogen (secondary N) is 1. The molecule has 0 saturated carbocycles. The molecule has 0 unspecified atom stereocenters. The van der Waals surface area contributed by atoms with Gasteiger partial charge in [-0.3, -0.25) is 4.79 Å². The fourth-order valence-electron chi connectivity index (χ4n) is 2.90. The molecule has 1 N–H and O–H groups in total. The first kappa shape index (κ1) is 18.8. The predicted molar refractivity (Wildman–Crippen MR) is 114 cm³/mol. The molecule has 7 heteroatoms. The Morgan fingerprint density at radius 1 is 1.18 bits per heavy atom. The third-order valence-electron chi connectivity index (χ3n) is 4.55. The molecular weight excluding hydrogens is 443 g/mol. The summed E-state index contributed by atoms with van der Waals surface area (Å²) in [6, 6.07) is 11.7. The van der Waals surface area contributed by atoms with Crippen molar-refractivity contribution in [2.75, 3.05) is 0 Å². The molecule has 2 aromatic heterocycles. The van der Waals surface area contributed by atoms with Crippen LogP contribution in [0.4, 0.5) is 4.39 Å². The van der Waals surface area contributed by atoms with Gasteiger partial charge in [-0.15, -0.1) is 11.3 Å². The molecule has 0 aliphatic rings. The van der Waals surface area contributed by atoms with Crippen LogP contribution in [0.3, 0.4) is 0 Å². The summed E-state index contributed by atoms with van der Waals surface area (Å²) >= 11 is 5.03. The van der Waals surface area contributed by atoms with E-state index >= 15 is 0 Å². The summed E-state index contributed by atoms with van der Waals surface area (Å²) in [6.07, 6.45) is 0. The number of fused-ring (bicyclic) bond motifs is 1. The van der Waals surface area contributed by atoms with Crippen LogP contribution in [0.15, 0.2) is 51.7 Å². The highest BCUT2D eigenvalue weighted by atomic mass is 79.9. The molecule has 4 rings (SSSR count). The Labute approximate surface area is 173 Å². The Bertz CT molecular complexity index is 1230. The predicted octanol–water partition coefficient (Wildman–Crippen LogP) is 5.75. The minimum atomic E-state index is -0.274. The highest BCUT2D eigenvalue weighted by Crippen LogP contribution is 2.32. The fourth-order valence-corrected chi connectivity index (χ4v) is 4.42. The maximum atomic E-state index is 13.0. The number of aryl methyl sites for hydroxylation is 2. The Kier molecular flexibility index (Phi) is 5.03. The van der Waals surface area contributed by atoms with Crippen LogP contribution < -0.4 is 10.3 Å². The molecular formula is C21H16BrFN2O2S. The van der Waals surface area contributed by atoms with Gasteiger partial charge in [0.2, 0.25) is 0 Å². The van der Waals surface area contributed by atoms with Crippen molar-refractivity contribution in [3.05, 3.63) is 79.1 Å². The first-order valence-corrected chi connectivity index (χ1v) is 10.2. The maximum absolute atomic E-state index is 13.0. The molecule has 2 heterocycles. The minimum Gasteiger partial charge on any atom is -0.488 e. The molecule has 28 heavy (non-hydrogen) atoms. The third-order valence-corrected chi connectivity index (χ3v) is 6.27. The van der Waals surface area contributed by atoms with Crippen LogP contribution >= 0.6 is 27.3 Å². The van der Waals surface area contributed by atoms with Gasteiger partial charge in [-0.25, -0.2) is 9.37 Å². The van der Waals surface area contributed by atoms with Crippen LogP contribution in [-0.2, 0) is 6.61 Å². The number of nitrogens with zero attached hydrogens (tertiary/aromatic N) is 1. The zero-order valence-electron chi connectivity index (χ0n) is 15.2. The van der Waals surface area contributed by atoms with Crippen molar-refractivity contribution in [3.63, 3.8) is 0 Å². The van der Waals surface area contributed by atoms with E-state index in [0.29, 0.717) is 23.6 Å². The average Bonchev–Trinajstić information content (AvgIpc) is 2.96. The molecule has 0 atom stereocenters. The Hall–Kier alpha value is -2.51. The zero-order valence-corrected chi connectivity index (χ0v) is 17.6. The summed E-state index contributed by atoms with van der Waals surface area (Å²) in [6.45, 7) is 4.26. The molecule has 0 fully saturated rings. The highest BCUT2D eigenvalue weighted by molar-refractivity contribution is 9.10. The molecule has 4 aromatic rings. The quantitative estimate of drug-likeness (QED) is 0.423. The van der Waals surface area contributed by atoms with E-state index in [0.717, 1.165) is 30.9 Å². The van der Waals surface area contributed by atoms with Crippen molar-refractivity contribution in [3.8, 4) is 17.1 Å². The lowest BCUT2D eigenvalue weighted by molar-refractivity contribution is 0.304. The van der Waals surface area contributed by atoms with E-state index in [4.69, 9.17) is 4.74 Å². The first-order valence-electron chi connectivity index (χ1n) is 8.59. The molecule has 0 aliphatic heterocycles. The fraction of sp³-hybridized carbons (Fsp3) is 0.143. The van der Waals surface area contributed by atoms with Gasteiger partial charge >= 0.3 is 0 Å². The van der Waals surface area contributed by atoms with Gasteiger partial charge in [0.05, 0.1) is 9.86 Å². The van der Waals surface area contributed by atoms with E-state index in [2.05, 4.69) is 25.9 Å². The van der Waals surface area contributed by atoms with E-state index in [1.807, 2.05) is 32.0 Å². The number of ether oxygens (including phenoxy) is 1. The van der Waals surface area contributed by atoms with Crippen molar-refractivity contribution >= 4 is 37.5 Å². The van der Waals surface area contributed by atoms with Crippen molar-refractivity contribution in [1.82, 2.24) is 9.97 Å². The summed E-state index contributed by atoms with van der Waals surface area (Å²) < 4.78 is 19.5. The molecule has 0 aliphatic carbocycles. The van der Waals surface area contributed by atoms with E-state index in [9.17, 15) is 9.18 Å². The van der Waals surface area contributed by atoms with Crippen molar-refractivity contribution in [2.45, 2.75) is 20.5 Å². The van der Waals surface area contributed by atoms with Crippen LogP contribution in [0, 0.1) is 19.7 Å². The van der Waals surface area contributed by atoms with E-state index in [-0.39, 0.29) is 11.4 Å². The Balaban J connectivity index is 1.61. The number of halogens is 2. The monoisotopic (exact) mass is 458 g/mol. The first-order chi connectivity index (χ1) is 13.4. The largest absolute Gasteiger partial charge is 0.488 e. The molecule has 2 aromatic carbocycles. The van der Waals surface area contributed by atoms with Crippen molar-refractivity contribution in [2.24, 2.45) is 0 Å². The van der Waals surface area contributed by atoms with Crippen molar-refractivity contribution in [1.29, 1.82) is 0 Å². The normalized spacial score (nSPS) is 11.1. The number of aromatic amines is 1. The maximum Gasteiger partial charge on any atom is 0.260 e. The van der Waals surface area contributed by atoms with Gasteiger partial charge in [-0.05, 0) is 71.2 Å². The number of benzene rings is 2. The second-order valence-electron chi connectivity index (χ2n) is 6.44. The molecule has 142 valence electrons. The van der Waals surface area contributed by atoms with Gasteiger partial charge in [-0.2, -0.15) is 0 Å². The van der Waals surface area contributed by atoms with Crippen LogP contribution in [0.1, 0.15) is 16.0 Å². The summed E-state index contributed by atoms with van der Waals surface area (Å²) in [5.74, 6) is 0.896.